The Morgan fingerprint density at radius 3 is 1.94 bits per heavy atom. The Morgan fingerprint density at radius 1 is 1.06 bits per heavy atom. The van der Waals surface area contributed by atoms with Crippen molar-refractivity contribution in [3.63, 3.8) is 0 Å². The molecule has 3 N–H and O–H groups in total. The fourth-order valence-electron chi connectivity index (χ4n) is 3.64. The van der Waals surface area contributed by atoms with Crippen molar-refractivity contribution in [2.75, 3.05) is 13.1 Å². The summed E-state index contributed by atoms with van der Waals surface area (Å²) < 4.78 is 0. The first-order chi connectivity index (χ1) is 8.21. The second kappa shape index (κ2) is 5.92. The summed E-state index contributed by atoms with van der Waals surface area (Å²) in [4.78, 5) is 0. The lowest BCUT2D eigenvalue weighted by Gasteiger charge is -2.35. The van der Waals surface area contributed by atoms with Crippen molar-refractivity contribution >= 4 is 0 Å². The predicted octanol–water partition coefficient (Wildman–Crippen LogP) is 3.41. The SMILES string of the molecule is CC(C)C(CNC1(CN)CCC(C)(C)C1)C(C)C. The first kappa shape index (κ1) is 16.0. The van der Waals surface area contributed by atoms with Gasteiger partial charge in [-0.2, -0.15) is 0 Å². The second-order valence-electron chi connectivity index (χ2n) is 7.86. The molecule has 0 aromatic carbocycles. The molecule has 0 bridgehead atoms. The number of nitrogens with one attached hydrogen (secondary N) is 1. The third-order valence-electron chi connectivity index (χ3n) is 4.91. The first-order valence-corrected chi connectivity index (χ1v) is 7.66. The summed E-state index contributed by atoms with van der Waals surface area (Å²) >= 11 is 0. The van der Waals surface area contributed by atoms with E-state index in [2.05, 4.69) is 46.9 Å². The van der Waals surface area contributed by atoms with Crippen molar-refractivity contribution in [2.24, 2.45) is 28.9 Å². The first-order valence-electron chi connectivity index (χ1n) is 7.66. The maximum Gasteiger partial charge on any atom is 0.0309 e. The zero-order valence-electron chi connectivity index (χ0n) is 13.3. The van der Waals surface area contributed by atoms with Crippen molar-refractivity contribution in [1.29, 1.82) is 0 Å². The van der Waals surface area contributed by atoms with E-state index < -0.39 is 0 Å². The summed E-state index contributed by atoms with van der Waals surface area (Å²) in [6, 6.07) is 0. The summed E-state index contributed by atoms with van der Waals surface area (Å²) in [5.74, 6) is 2.22. The van der Waals surface area contributed by atoms with E-state index in [1.807, 2.05) is 0 Å². The van der Waals surface area contributed by atoms with Gasteiger partial charge in [-0.05, 0) is 49.0 Å². The van der Waals surface area contributed by atoms with E-state index in [1.165, 1.54) is 19.3 Å². The number of hydrogen-bond donors (Lipinski definition) is 2. The molecule has 0 spiro atoms. The average molecular weight is 254 g/mol. The van der Waals surface area contributed by atoms with Crippen LogP contribution in [0, 0.1) is 23.2 Å². The van der Waals surface area contributed by atoms with E-state index in [0.717, 1.165) is 30.8 Å². The number of rotatable bonds is 6. The average Bonchev–Trinajstić information content (AvgIpc) is 2.54. The standard InChI is InChI=1S/C16H34N2/c1-12(2)14(13(3)4)9-18-16(11-17)8-7-15(5,6)10-16/h12-14,18H,7-11,17H2,1-6H3. The molecule has 0 amide bonds. The smallest absolute Gasteiger partial charge is 0.0309 e. The van der Waals surface area contributed by atoms with Crippen molar-refractivity contribution in [2.45, 2.75) is 66.3 Å². The fraction of sp³-hybridized carbons (Fsp3) is 1.00. The molecule has 1 rings (SSSR count). The van der Waals surface area contributed by atoms with Gasteiger partial charge in [0.15, 0.2) is 0 Å². The zero-order valence-corrected chi connectivity index (χ0v) is 13.3. The molecule has 1 atom stereocenters. The molecule has 0 aromatic heterocycles. The monoisotopic (exact) mass is 254 g/mol. The second-order valence-corrected chi connectivity index (χ2v) is 7.86. The van der Waals surface area contributed by atoms with Gasteiger partial charge in [0.2, 0.25) is 0 Å². The van der Waals surface area contributed by atoms with Crippen LogP contribution in [-0.2, 0) is 0 Å². The van der Waals surface area contributed by atoms with E-state index in [9.17, 15) is 0 Å². The van der Waals surface area contributed by atoms with E-state index in [4.69, 9.17) is 5.73 Å². The summed E-state index contributed by atoms with van der Waals surface area (Å²) in [5.41, 5.74) is 6.72. The minimum Gasteiger partial charge on any atom is -0.329 e. The zero-order chi connectivity index (χ0) is 14.0. The highest BCUT2D eigenvalue weighted by Gasteiger charge is 2.42. The topological polar surface area (TPSA) is 38.0 Å². The molecule has 0 aromatic rings. The molecule has 2 nitrogen and oxygen atoms in total. The molecule has 0 aliphatic heterocycles. The van der Waals surface area contributed by atoms with Gasteiger partial charge >= 0.3 is 0 Å². The van der Waals surface area contributed by atoms with Crippen molar-refractivity contribution in [3.05, 3.63) is 0 Å². The molecule has 1 aliphatic rings. The molecule has 1 unspecified atom stereocenters. The molecule has 0 radical (unpaired) electrons. The number of nitrogens with two attached hydrogens (primary N) is 1. The number of hydrogen-bond acceptors (Lipinski definition) is 2. The van der Waals surface area contributed by atoms with E-state index in [0.29, 0.717) is 5.41 Å². The highest BCUT2D eigenvalue weighted by atomic mass is 15.0. The molecule has 0 saturated heterocycles. The third kappa shape index (κ3) is 3.96. The molecular formula is C16H34N2. The van der Waals surface area contributed by atoms with Gasteiger partial charge < -0.3 is 11.1 Å². The fourth-order valence-corrected chi connectivity index (χ4v) is 3.64. The van der Waals surface area contributed by atoms with Crippen molar-refractivity contribution < 1.29 is 0 Å². The maximum absolute atomic E-state index is 6.07. The van der Waals surface area contributed by atoms with Crippen LogP contribution in [-0.4, -0.2) is 18.6 Å². The molecule has 1 fully saturated rings. The minimum absolute atomic E-state index is 0.200. The Morgan fingerprint density at radius 2 is 1.61 bits per heavy atom. The van der Waals surface area contributed by atoms with Crippen LogP contribution in [0.1, 0.15) is 60.8 Å². The normalized spacial score (nSPS) is 27.7. The van der Waals surface area contributed by atoms with Gasteiger partial charge in [-0.15, -0.1) is 0 Å². The lowest BCUT2D eigenvalue weighted by molar-refractivity contribution is 0.221. The summed E-state index contributed by atoms with van der Waals surface area (Å²) in [7, 11) is 0. The van der Waals surface area contributed by atoms with Gasteiger partial charge in [-0.25, -0.2) is 0 Å². The van der Waals surface area contributed by atoms with Crippen LogP contribution >= 0.6 is 0 Å². The maximum atomic E-state index is 6.07. The van der Waals surface area contributed by atoms with Gasteiger partial charge in [-0.1, -0.05) is 41.5 Å². The van der Waals surface area contributed by atoms with E-state index in [1.54, 1.807) is 0 Å². The van der Waals surface area contributed by atoms with Gasteiger partial charge in [0.25, 0.3) is 0 Å². The van der Waals surface area contributed by atoms with Crippen molar-refractivity contribution in [3.8, 4) is 0 Å². The van der Waals surface area contributed by atoms with E-state index >= 15 is 0 Å². The van der Waals surface area contributed by atoms with Crippen LogP contribution in [0.4, 0.5) is 0 Å². The lowest BCUT2D eigenvalue weighted by atomic mass is 9.83. The van der Waals surface area contributed by atoms with E-state index in [-0.39, 0.29) is 5.54 Å². The van der Waals surface area contributed by atoms with Crippen LogP contribution in [0.2, 0.25) is 0 Å². The highest BCUT2D eigenvalue weighted by Crippen LogP contribution is 2.43. The minimum atomic E-state index is 0.200. The predicted molar refractivity (Wildman–Crippen MR) is 80.6 cm³/mol. The largest absolute Gasteiger partial charge is 0.329 e. The van der Waals surface area contributed by atoms with Crippen LogP contribution in [0.25, 0.3) is 0 Å². The quantitative estimate of drug-likeness (QED) is 0.762. The van der Waals surface area contributed by atoms with Crippen LogP contribution in [0.3, 0.4) is 0 Å². The van der Waals surface area contributed by atoms with Gasteiger partial charge in [0.1, 0.15) is 0 Å². The molecule has 2 heteroatoms. The Labute approximate surface area is 114 Å². The lowest BCUT2D eigenvalue weighted by Crippen LogP contribution is -2.52. The Hall–Kier alpha value is -0.0800. The van der Waals surface area contributed by atoms with Crippen LogP contribution in [0.5, 0.6) is 0 Å². The molecule has 18 heavy (non-hydrogen) atoms. The molecule has 1 aliphatic carbocycles. The Balaban J connectivity index is 2.60. The molecule has 1 saturated carbocycles. The summed E-state index contributed by atoms with van der Waals surface area (Å²) in [6.45, 7) is 16.0. The van der Waals surface area contributed by atoms with Crippen LogP contribution in [0.15, 0.2) is 0 Å². The highest BCUT2D eigenvalue weighted by molar-refractivity contribution is 5.01. The third-order valence-corrected chi connectivity index (χ3v) is 4.91. The Bertz CT molecular complexity index is 250. The Kier molecular flexibility index (Phi) is 5.25. The van der Waals surface area contributed by atoms with Gasteiger partial charge in [-0.3, -0.25) is 0 Å². The molecule has 108 valence electrons. The summed E-state index contributed by atoms with van der Waals surface area (Å²) in [5, 5.41) is 3.84. The molecule has 0 heterocycles. The van der Waals surface area contributed by atoms with Gasteiger partial charge in [0.05, 0.1) is 0 Å². The molecular weight excluding hydrogens is 220 g/mol. The van der Waals surface area contributed by atoms with Crippen LogP contribution < -0.4 is 11.1 Å². The van der Waals surface area contributed by atoms with Crippen molar-refractivity contribution in [1.82, 2.24) is 5.32 Å². The summed E-state index contributed by atoms with van der Waals surface area (Å²) in [6.07, 6.45) is 3.75. The van der Waals surface area contributed by atoms with Gasteiger partial charge in [0, 0.05) is 12.1 Å².